The van der Waals surface area contributed by atoms with Crippen LogP contribution in [0.15, 0.2) is 48.5 Å². The Morgan fingerprint density at radius 2 is 1.97 bits per heavy atom. The zero-order chi connectivity index (χ0) is 22.9. The van der Waals surface area contributed by atoms with Gasteiger partial charge in [0.1, 0.15) is 18.2 Å². The molecule has 0 aromatic heterocycles. The molecule has 1 fully saturated rings. The normalized spacial score (nSPS) is 13.9. The first-order chi connectivity index (χ1) is 15.4. The van der Waals surface area contributed by atoms with Crippen LogP contribution in [0, 0.1) is 11.7 Å². The van der Waals surface area contributed by atoms with E-state index in [1.54, 1.807) is 36.1 Å². The monoisotopic (exact) mass is 444 g/mol. The zero-order valence-corrected chi connectivity index (χ0v) is 18.1. The average molecular weight is 445 g/mol. The third-order valence-electron chi connectivity index (χ3n) is 5.16. The van der Waals surface area contributed by atoms with E-state index >= 15 is 0 Å². The maximum atomic E-state index is 13.4. The van der Waals surface area contributed by atoms with Gasteiger partial charge in [0.05, 0.1) is 6.54 Å². The molecule has 8 heteroatoms. The van der Waals surface area contributed by atoms with E-state index in [2.05, 4.69) is 5.32 Å². The second-order valence-electron chi connectivity index (χ2n) is 7.81. The van der Waals surface area contributed by atoms with Crippen LogP contribution in [-0.2, 0) is 16.0 Å². The summed E-state index contributed by atoms with van der Waals surface area (Å²) in [6, 6.07) is 12.7. The fourth-order valence-corrected chi connectivity index (χ4v) is 3.28. The Morgan fingerprint density at radius 1 is 1.22 bits per heavy atom. The van der Waals surface area contributed by atoms with E-state index in [4.69, 9.17) is 9.47 Å². The van der Waals surface area contributed by atoms with Gasteiger partial charge < -0.3 is 24.8 Å². The molecule has 3 rings (SSSR count). The number of rotatable bonds is 12. The van der Waals surface area contributed by atoms with Gasteiger partial charge in [-0.05, 0) is 61.6 Å². The number of amides is 2. The van der Waals surface area contributed by atoms with Gasteiger partial charge >= 0.3 is 12.0 Å². The van der Waals surface area contributed by atoms with Crippen LogP contribution >= 0.6 is 0 Å². The van der Waals surface area contributed by atoms with Gasteiger partial charge in [0.25, 0.3) is 0 Å². The molecule has 1 atom stereocenters. The summed E-state index contributed by atoms with van der Waals surface area (Å²) in [5.74, 6) is -0.257. The lowest BCUT2D eigenvalue weighted by molar-refractivity contribution is -0.149. The second-order valence-corrected chi connectivity index (χ2v) is 7.81. The number of urea groups is 1. The number of carboxylic acid groups (broad SMARTS) is 1. The minimum Gasteiger partial charge on any atom is -0.492 e. The van der Waals surface area contributed by atoms with Gasteiger partial charge in [-0.15, -0.1) is 0 Å². The smallest absolute Gasteiger partial charge is 0.333 e. The van der Waals surface area contributed by atoms with Crippen molar-refractivity contribution >= 4 is 17.7 Å². The van der Waals surface area contributed by atoms with E-state index in [9.17, 15) is 19.1 Å². The maximum absolute atomic E-state index is 13.4. The van der Waals surface area contributed by atoms with Crippen molar-refractivity contribution in [3.8, 4) is 5.75 Å². The Labute approximate surface area is 187 Å². The molecule has 2 amide bonds. The van der Waals surface area contributed by atoms with Gasteiger partial charge in [0.2, 0.25) is 0 Å². The average Bonchev–Trinajstić information content (AvgIpc) is 3.58. The summed E-state index contributed by atoms with van der Waals surface area (Å²) in [6.45, 7) is 3.43. The molecule has 32 heavy (non-hydrogen) atoms. The van der Waals surface area contributed by atoms with Crippen LogP contribution in [0.2, 0.25) is 0 Å². The van der Waals surface area contributed by atoms with Gasteiger partial charge in [0.15, 0.2) is 6.10 Å². The summed E-state index contributed by atoms with van der Waals surface area (Å²) in [5.41, 5.74) is 1.25. The number of hydrogen-bond acceptors (Lipinski definition) is 4. The first kappa shape index (κ1) is 23.5. The molecule has 2 N–H and O–H groups in total. The summed E-state index contributed by atoms with van der Waals surface area (Å²) in [7, 11) is 0. The molecular formula is C24H29FN2O5. The SMILES string of the molecule is CCOC(Cc1ccc(OCCN(CC2CC2)C(=O)Nc2cccc(F)c2)cc1)C(=O)O. The molecule has 0 spiro atoms. The number of hydrogen-bond donors (Lipinski definition) is 2. The summed E-state index contributed by atoms with van der Waals surface area (Å²) >= 11 is 0. The number of carbonyl (C=O) groups is 2. The van der Waals surface area contributed by atoms with Gasteiger partial charge in [-0.25, -0.2) is 14.0 Å². The van der Waals surface area contributed by atoms with Crippen LogP contribution in [0.4, 0.5) is 14.9 Å². The lowest BCUT2D eigenvalue weighted by Gasteiger charge is -2.23. The molecule has 7 nitrogen and oxygen atoms in total. The lowest BCUT2D eigenvalue weighted by Crippen LogP contribution is -2.39. The number of carboxylic acids is 1. The van der Waals surface area contributed by atoms with Crippen LogP contribution in [0.25, 0.3) is 0 Å². The van der Waals surface area contributed by atoms with E-state index in [1.165, 1.54) is 12.1 Å². The standard InChI is InChI=1S/C24H29FN2O5/c1-2-31-22(23(28)29)14-17-8-10-21(11-9-17)32-13-12-27(16-18-6-7-18)24(30)26-20-5-3-4-19(25)15-20/h3-5,8-11,15,18,22H,2,6-7,12-14,16H2,1H3,(H,26,30)(H,28,29). The quantitative estimate of drug-likeness (QED) is 0.513. The predicted molar refractivity (Wildman–Crippen MR) is 118 cm³/mol. The molecule has 2 aromatic carbocycles. The topological polar surface area (TPSA) is 88.1 Å². The molecule has 1 aliphatic carbocycles. The fourth-order valence-electron chi connectivity index (χ4n) is 3.28. The number of carbonyl (C=O) groups excluding carboxylic acids is 1. The number of nitrogens with one attached hydrogen (secondary N) is 1. The Bertz CT molecular complexity index is 902. The van der Waals surface area contributed by atoms with Crippen LogP contribution in [0.3, 0.4) is 0 Å². The van der Waals surface area contributed by atoms with E-state index in [-0.39, 0.29) is 12.5 Å². The van der Waals surface area contributed by atoms with Crippen molar-refractivity contribution in [2.45, 2.75) is 32.3 Å². The van der Waals surface area contributed by atoms with Crippen molar-refractivity contribution in [2.24, 2.45) is 5.92 Å². The van der Waals surface area contributed by atoms with Crippen LogP contribution in [0.1, 0.15) is 25.3 Å². The molecule has 0 bridgehead atoms. The van der Waals surface area contributed by atoms with Crippen molar-refractivity contribution in [1.29, 1.82) is 0 Å². The molecule has 2 aromatic rings. The molecule has 1 saturated carbocycles. The third-order valence-corrected chi connectivity index (χ3v) is 5.16. The fraction of sp³-hybridized carbons (Fsp3) is 0.417. The van der Waals surface area contributed by atoms with Crippen molar-refractivity contribution < 1.29 is 28.6 Å². The number of ether oxygens (including phenoxy) is 2. The summed E-state index contributed by atoms with van der Waals surface area (Å²) in [6.07, 6.45) is 1.61. The highest BCUT2D eigenvalue weighted by molar-refractivity contribution is 5.89. The summed E-state index contributed by atoms with van der Waals surface area (Å²) in [4.78, 5) is 25.6. The molecule has 0 aliphatic heterocycles. The predicted octanol–water partition coefficient (Wildman–Crippen LogP) is 4.18. The number of halogens is 1. The number of aliphatic carboxylic acids is 1. The Balaban J connectivity index is 1.50. The molecular weight excluding hydrogens is 415 g/mol. The minimum atomic E-state index is -0.987. The molecule has 0 heterocycles. The Hall–Kier alpha value is -3.13. The highest BCUT2D eigenvalue weighted by Crippen LogP contribution is 2.30. The van der Waals surface area contributed by atoms with Gasteiger partial charge in [0, 0.05) is 25.3 Å². The van der Waals surface area contributed by atoms with E-state index in [1.807, 2.05) is 12.1 Å². The lowest BCUT2D eigenvalue weighted by atomic mass is 10.1. The molecule has 1 unspecified atom stereocenters. The van der Waals surface area contributed by atoms with E-state index in [0.29, 0.717) is 43.7 Å². The number of anilines is 1. The highest BCUT2D eigenvalue weighted by atomic mass is 19.1. The van der Waals surface area contributed by atoms with E-state index in [0.717, 1.165) is 18.4 Å². The molecule has 1 aliphatic rings. The minimum absolute atomic E-state index is 0.277. The Morgan fingerprint density at radius 3 is 2.59 bits per heavy atom. The largest absolute Gasteiger partial charge is 0.492 e. The number of nitrogens with zero attached hydrogens (tertiary/aromatic N) is 1. The summed E-state index contributed by atoms with van der Waals surface area (Å²) in [5, 5.41) is 11.9. The number of benzene rings is 2. The molecule has 0 radical (unpaired) electrons. The second kappa shape index (κ2) is 11.5. The van der Waals surface area contributed by atoms with Gasteiger partial charge in [-0.1, -0.05) is 18.2 Å². The van der Waals surface area contributed by atoms with Crippen LogP contribution in [-0.4, -0.2) is 54.4 Å². The summed E-state index contributed by atoms with van der Waals surface area (Å²) < 4.78 is 24.4. The van der Waals surface area contributed by atoms with Crippen LogP contribution < -0.4 is 10.1 Å². The van der Waals surface area contributed by atoms with Gasteiger partial charge in [-0.2, -0.15) is 0 Å². The first-order valence-corrected chi connectivity index (χ1v) is 10.8. The highest BCUT2D eigenvalue weighted by Gasteiger charge is 2.27. The first-order valence-electron chi connectivity index (χ1n) is 10.8. The third kappa shape index (κ3) is 7.53. The van der Waals surface area contributed by atoms with Crippen molar-refractivity contribution in [1.82, 2.24) is 4.90 Å². The molecule has 172 valence electrons. The molecule has 0 saturated heterocycles. The van der Waals surface area contributed by atoms with Crippen molar-refractivity contribution in [2.75, 3.05) is 31.6 Å². The van der Waals surface area contributed by atoms with Crippen molar-refractivity contribution in [3.05, 3.63) is 59.9 Å². The van der Waals surface area contributed by atoms with Crippen molar-refractivity contribution in [3.63, 3.8) is 0 Å². The zero-order valence-electron chi connectivity index (χ0n) is 18.1. The van der Waals surface area contributed by atoms with E-state index < -0.39 is 17.9 Å². The van der Waals surface area contributed by atoms with Crippen LogP contribution in [0.5, 0.6) is 5.75 Å². The van der Waals surface area contributed by atoms with Gasteiger partial charge in [-0.3, -0.25) is 0 Å². The maximum Gasteiger partial charge on any atom is 0.333 e. The Kier molecular flexibility index (Phi) is 8.44.